The van der Waals surface area contributed by atoms with Crippen LogP contribution in [-0.2, 0) is 16.6 Å². The predicted octanol–water partition coefficient (Wildman–Crippen LogP) is 0.0928. The number of sulfonamides is 1. The van der Waals surface area contributed by atoms with E-state index < -0.39 is 27.8 Å². The summed E-state index contributed by atoms with van der Waals surface area (Å²) < 4.78 is 57.3. The van der Waals surface area contributed by atoms with Crippen molar-refractivity contribution in [2.24, 2.45) is 5.14 Å². The molecule has 0 radical (unpaired) electrons. The third kappa shape index (κ3) is 3.00. The summed E-state index contributed by atoms with van der Waals surface area (Å²) in [6.45, 7) is -1.30. The van der Waals surface area contributed by atoms with Gasteiger partial charge in [0.15, 0.2) is 5.03 Å². The van der Waals surface area contributed by atoms with Gasteiger partial charge in [-0.15, -0.1) is 0 Å². The number of nitrogens with two attached hydrogens (primary N) is 1. The maximum absolute atomic E-state index is 11.8. The molecule has 0 fully saturated rings. The highest BCUT2D eigenvalue weighted by Gasteiger charge is 2.28. The Kier molecular flexibility index (Phi) is 2.54. The first-order valence-electron chi connectivity index (χ1n) is 3.30. The average Bonchev–Trinajstić information content (AvgIpc) is 2.29. The van der Waals surface area contributed by atoms with Crippen molar-refractivity contribution in [3.63, 3.8) is 0 Å². The Labute approximate surface area is 77.4 Å². The average molecular weight is 229 g/mol. The van der Waals surface area contributed by atoms with Crippen molar-refractivity contribution in [3.8, 4) is 0 Å². The number of primary sulfonamides is 1. The number of imidazole rings is 1. The first kappa shape index (κ1) is 11.0. The molecule has 0 unspecified atom stereocenters. The Balaban J connectivity index is 2.90. The molecule has 0 saturated heterocycles. The fourth-order valence-electron chi connectivity index (χ4n) is 0.780. The molecule has 0 aliphatic heterocycles. The quantitative estimate of drug-likeness (QED) is 0.780. The third-order valence-corrected chi connectivity index (χ3v) is 2.06. The zero-order valence-electron chi connectivity index (χ0n) is 6.69. The SMILES string of the molecule is NS(=O)(=O)c1cn(CC(F)(F)F)cn1. The Morgan fingerprint density at radius 2 is 2.07 bits per heavy atom. The zero-order valence-corrected chi connectivity index (χ0v) is 7.51. The first-order valence-corrected chi connectivity index (χ1v) is 4.84. The van der Waals surface area contributed by atoms with E-state index in [4.69, 9.17) is 0 Å². The molecule has 0 amide bonds. The summed E-state index contributed by atoms with van der Waals surface area (Å²) in [6.07, 6.45) is -2.94. The van der Waals surface area contributed by atoms with Crippen molar-refractivity contribution in [1.82, 2.24) is 9.55 Å². The highest BCUT2D eigenvalue weighted by Crippen LogP contribution is 2.17. The van der Waals surface area contributed by atoms with E-state index in [1.54, 1.807) is 0 Å². The van der Waals surface area contributed by atoms with Crippen LogP contribution in [0.15, 0.2) is 17.6 Å². The molecule has 0 aliphatic carbocycles. The Hall–Kier alpha value is -1.09. The summed E-state index contributed by atoms with van der Waals surface area (Å²) >= 11 is 0. The number of hydrogen-bond acceptors (Lipinski definition) is 3. The molecule has 2 N–H and O–H groups in total. The summed E-state index contributed by atoms with van der Waals surface area (Å²) in [5.41, 5.74) is 0. The van der Waals surface area contributed by atoms with Crippen LogP contribution in [0.25, 0.3) is 0 Å². The molecule has 1 aromatic heterocycles. The van der Waals surface area contributed by atoms with Crippen LogP contribution in [0.3, 0.4) is 0 Å². The topological polar surface area (TPSA) is 78.0 Å². The van der Waals surface area contributed by atoms with Gasteiger partial charge in [-0.25, -0.2) is 18.5 Å². The number of alkyl halides is 3. The highest BCUT2D eigenvalue weighted by atomic mass is 32.2. The van der Waals surface area contributed by atoms with Gasteiger partial charge in [-0.2, -0.15) is 13.2 Å². The second-order valence-electron chi connectivity index (χ2n) is 2.54. The molecular weight excluding hydrogens is 223 g/mol. The molecule has 5 nitrogen and oxygen atoms in total. The van der Waals surface area contributed by atoms with Crippen molar-refractivity contribution in [2.75, 3.05) is 0 Å². The highest BCUT2D eigenvalue weighted by molar-refractivity contribution is 7.89. The molecule has 0 aliphatic rings. The summed E-state index contributed by atoms with van der Waals surface area (Å²) in [7, 11) is -4.04. The van der Waals surface area contributed by atoms with E-state index in [1.807, 2.05) is 0 Å². The molecule has 0 atom stereocenters. The van der Waals surface area contributed by atoms with E-state index in [9.17, 15) is 21.6 Å². The molecule has 80 valence electrons. The molecule has 0 bridgehead atoms. The van der Waals surface area contributed by atoms with Crippen molar-refractivity contribution in [2.45, 2.75) is 17.7 Å². The van der Waals surface area contributed by atoms with Gasteiger partial charge >= 0.3 is 6.18 Å². The van der Waals surface area contributed by atoms with E-state index in [1.165, 1.54) is 0 Å². The number of hydrogen-bond donors (Lipinski definition) is 1. The van der Waals surface area contributed by atoms with Crippen LogP contribution in [0.5, 0.6) is 0 Å². The summed E-state index contributed by atoms with van der Waals surface area (Å²) in [5.74, 6) is 0. The summed E-state index contributed by atoms with van der Waals surface area (Å²) in [5, 5.41) is 4.07. The lowest BCUT2D eigenvalue weighted by Crippen LogP contribution is -2.17. The lowest BCUT2D eigenvalue weighted by Gasteiger charge is -2.05. The second kappa shape index (κ2) is 3.24. The predicted molar refractivity (Wildman–Crippen MR) is 39.7 cm³/mol. The van der Waals surface area contributed by atoms with Gasteiger partial charge in [0.05, 0.1) is 6.33 Å². The lowest BCUT2D eigenvalue weighted by molar-refractivity contribution is -0.140. The normalized spacial score (nSPS) is 13.1. The minimum atomic E-state index is -4.42. The van der Waals surface area contributed by atoms with Crippen molar-refractivity contribution >= 4 is 10.0 Å². The maximum atomic E-state index is 11.8. The molecule has 0 saturated carbocycles. The van der Waals surface area contributed by atoms with Crippen molar-refractivity contribution in [3.05, 3.63) is 12.5 Å². The van der Waals surface area contributed by atoms with Crippen LogP contribution in [0.1, 0.15) is 0 Å². The van der Waals surface area contributed by atoms with E-state index >= 15 is 0 Å². The monoisotopic (exact) mass is 229 g/mol. The maximum Gasteiger partial charge on any atom is 0.406 e. The molecule has 1 rings (SSSR count). The van der Waals surface area contributed by atoms with E-state index in [0.717, 1.165) is 12.5 Å². The molecule has 0 aromatic carbocycles. The molecule has 14 heavy (non-hydrogen) atoms. The van der Waals surface area contributed by atoms with Crippen LogP contribution >= 0.6 is 0 Å². The molecule has 1 heterocycles. The number of aromatic nitrogens is 2. The fraction of sp³-hybridized carbons (Fsp3) is 0.400. The Morgan fingerprint density at radius 3 is 2.43 bits per heavy atom. The first-order chi connectivity index (χ1) is 6.18. The van der Waals surface area contributed by atoms with Crippen LogP contribution in [0, 0.1) is 0 Å². The smallest absolute Gasteiger partial charge is 0.327 e. The zero-order chi connectivity index (χ0) is 11.0. The van der Waals surface area contributed by atoms with Gasteiger partial charge in [0, 0.05) is 6.20 Å². The van der Waals surface area contributed by atoms with E-state index in [2.05, 4.69) is 10.1 Å². The number of halogens is 3. The minimum Gasteiger partial charge on any atom is -0.327 e. The lowest BCUT2D eigenvalue weighted by atomic mass is 10.6. The Bertz CT molecular complexity index is 422. The van der Waals surface area contributed by atoms with Gasteiger partial charge in [0.25, 0.3) is 10.0 Å². The summed E-state index contributed by atoms with van der Waals surface area (Å²) in [4.78, 5) is 3.22. The molecule has 9 heteroatoms. The van der Waals surface area contributed by atoms with Crippen LogP contribution in [0.2, 0.25) is 0 Å². The van der Waals surface area contributed by atoms with Gasteiger partial charge in [0.2, 0.25) is 0 Å². The van der Waals surface area contributed by atoms with Crippen LogP contribution in [0.4, 0.5) is 13.2 Å². The summed E-state index contributed by atoms with van der Waals surface area (Å²) in [6, 6.07) is 0. The minimum absolute atomic E-state index is 0.582. The Morgan fingerprint density at radius 1 is 1.50 bits per heavy atom. The number of rotatable bonds is 2. The van der Waals surface area contributed by atoms with E-state index in [0.29, 0.717) is 4.57 Å². The van der Waals surface area contributed by atoms with Gasteiger partial charge in [-0.3, -0.25) is 0 Å². The van der Waals surface area contributed by atoms with Crippen molar-refractivity contribution in [1.29, 1.82) is 0 Å². The largest absolute Gasteiger partial charge is 0.406 e. The van der Waals surface area contributed by atoms with Gasteiger partial charge in [-0.05, 0) is 0 Å². The fourth-order valence-corrected chi connectivity index (χ4v) is 1.26. The van der Waals surface area contributed by atoms with Gasteiger partial charge in [-0.1, -0.05) is 0 Å². The second-order valence-corrected chi connectivity index (χ2v) is 4.05. The van der Waals surface area contributed by atoms with Crippen molar-refractivity contribution < 1.29 is 21.6 Å². The standard InChI is InChI=1S/C5H6F3N3O2S/c6-5(7,8)2-11-1-4(10-3-11)14(9,12)13/h1,3H,2H2,(H2,9,12,13). The van der Waals surface area contributed by atoms with Gasteiger partial charge < -0.3 is 4.57 Å². The number of nitrogens with zero attached hydrogens (tertiary/aromatic N) is 2. The van der Waals surface area contributed by atoms with Crippen LogP contribution in [-0.4, -0.2) is 24.1 Å². The van der Waals surface area contributed by atoms with Gasteiger partial charge in [0.1, 0.15) is 6.54 Å². The molecule has 1 aromatic rings. The third-order valence-electron chi connectivity index (χ3n) is 1.26. The molecule has 0 spiro atoms. The van der Waals surface area contributed by atoms with E-state index in [-0.39, 0.29) is 0 Å². The molecular formula is C5H6F3N3O2S. The van der Waals surface area contributed by atoms with Crippen LogP contribution < -0.4 is 5.14 Å².